The van der Waals surface area contributed by atoms with Crippen LogP contribution in [-0.2, 0) is 0 Å². The zero-order chi connectivity index (χ0) is 18.6. The van der Waals surface area contributed by atoms with Crippen LogP contribution in [0.5, 0.6) is 0 Å². The Kier molecular flexibility index (Phi) is 4.63. The maximum atomic E-state index is 13.1. The molecule has 0 bridgehead atoms. The molecule has 4 rings (SSSR count). The lowest BCUT2D eigenvalue weighted by molar-refractivity contribution is 0.104. The Balaban J connectivity index is 1.90. The summed E-state index contributed by atoms with van der Waals surface area (Å²) >= 11 is 0. The Hall–Kier alpha value is -3.52. The molecule has 0 saturated carbocycles. The number of aryl methyl sites for hydroxylation is 1. The fraction of sp³-hybridized carbons (Fsp3) is 0.0400. The molecule has 0 fully saturated rings. The van der Waals surface area contributed by atoms with E-state index in [1.54, 1.807) is 6.08 Å². The smallest absolute Gasteiger partial charge is 0.188 e. The van der Waals surface area contributed by atoms with Crippen molar-refractivity contribution in [1.82, 2.24) is 4.98 Å². The van der Waals surface area contributed by atoms with Crippen molar-refractivity contribution < 1.29 is 4.79 Å². The molecule has 4 aromatic rings. The molecule has 0 aliphatic rings. The summed E-state index contributed by atoms with van der Waals surface area (Å²) in [7, 11) is 0. The Morgan fingerprint density at radius 2 is 1.44 bits per heavy atom. The lowest BCUT2D eigenvalue weighted by Crippen LogP contribution is -2.05. The van der Waals surface area contributed by atoms with Gasteiger partial charge >= 0.3 is 0 Å². The van der Waals surface area contributed by atoms with Crippen molar-refractivity contribution >= 4 is 22.8 Å². The van der Waals surface area contributed by atoms with E-state index in [1.165, 1.54) is 0 Å². The van der Waals surface area contributed by atoms with Crippen LogP contribution in [0.15, 0.2) is 91.0 Å². The Bertz CT molecular complexity index is 1130. The van der Waals surface area contributed by atoms with E-state index in [0.717, 1.165) is 33.3 Å². The number of allylic oxidation sites excluding steroid dienone is 1. The van der Waals surface area contributed by atoms with E-state index in [1.807, 2.05) is 97.9 Å². The summed E-state index contributed by atoms with van der Waals surface area (Å²) in [6.07, 6.45) is 3.49. The van der Waals surface area contributed by atoms with Gasteiger partial charge in [0.25, 0.3) is 0 Å². The van der Waals surface area contributed by atoms with Gasteiger partial charge in [0, 0.05) is 16.6 Å². The molecule has 0 N–H and O–H groups in total. The third-order valence-corrected chi connectivity index (χ3v) is 4.61. The predicted molar refractivity (Wildman–Crippen MR) is 112 cm³/mol. The third-order valence-electron chi connectivity index (χ3n) is 4.61. The molecular weight excluding hydrogens is 330 g/mol. The van der Waals surface area contributed by atoms with E-state index < -0.39 is 0 Å². The molecule has 0 spiro atoms. The second-order valence-electron chi connectivity index (χ2n) is 6.44. The van der Waals surface area contributed by atoms with Gasteiger partial charge in [0.15, 0.2) is 5.78 Å². The molecule has 27 heavy (non-hydrogen) atoms. The number of carbonyl (C=O) groups excluding carboxylic acids is 1. The van der Waals surface area contributed by atoms with Gasteiger partial charge in [-0.3, -0.25) is 9.78 Å². The van der Waals surface area contributed by atoms with Crippen LogP contribution in [0, 0.1) is 6.92 Å². The molecular formula is C25H19NO. The molecule has 0 aliphatic heterocycles. The fourth-order valence-electron chi connectivity index (χ4n) is 3.36. The number of hydrogen-bond acceptors (Lipinski definition) is 2. The lowest BCUT2D eigenvalue weighted by Gasteiger charge is -2.14. The first kappa shape index (κ1) is 16.9. The number of para-hydroxylation sites is 1. The van der Waals surface area contributed by atoms with E-state index >= 15 is 0 Å². The molecule has 1 aromatic heterocycles. The van der Waals surface area contributed by atoms with Crippen LogP contribution in [0.1, 0.15) is 21.6 Å². The summed E-state index contributed by atoms with van der Waals surface area (Å²) < 4.78 is 0. The number of ketones is 1. The number of carbonyl (C=O) groups is 1. The van der Waals surface area contributed by atoms with Crippen molar-refractivity contribution in [2.24, 2.45) is 0 Å². The van der Waals surface area contributed by atoms with E-state index in [9.17, 15) is 4.79 Å². The summed E-state index contributed by atoms with van der Waals surface area (Å²) in [5.74, 6) is -0.0338. The SMILES string of the molecule is Cc1nc2ccccc2c(-c2ccccc2)c1C(=O)C=Cc1ccccc1. The molecule has 2 heteroatoms. The number of pyridine rings is 1. The van der Waals surface area contributed by atoms with Crippen LogP contribution in [0.2, 0.25) is 0 Å². The molecule has 0 amide bonds. The second-order valence-corrected chi connectivity index (χ2v) is 6.44. The molecule has 0 atom stereocenters. The molecule has 0 saturated heterocycles. The minimum absolute atomic E-state index is 0.0338. The Labute approximate surface area is 158 Å². The predicted octanol–water partition coefficient (Wildman–Crippen LogP) is 6.11. The zero-order valence-electron chi connectivity index (χ0n) is 15.1. The van der Waals surface area contributed by atoms with Gasteiger partial charge in [-0.2, -0.15) is 0 Å². The molecule has 2 nitrogen and oxygen atoms in total. The lowest BCUT2D eigenvalue weighted by atomic mass is 9.92. The van der Waals surface area contributed by atoms with Crippen molar-refractivity contribution in [3.05, 3.63) is 108 Å². The van der Waals surface area contributed by atoms with Crippen LogP contribution >= 0.6 is 0 Å². The number of nitrogens with zero attached hydrogens (tertiary/aromatic N) is 1. The van der Waals surface area contributed by atoms with Crippen molar-refractivity contribution in [2.75, 3.05) is 0 Å². The monoisotopic (exact) mass is 349 g/mol. The van der Waals surface area contributed by atoms with E-state index in [0.29, 0.717) is 5.56 Å². The normalized spacial score (nSPS) is 11.1. The molecule has 130 valence electrons. The van der Waals surface area contributed by atoms with Gasteiger partial charge in [-0.05, 0) is 30.2 Å². The van der Waals surface area contributed by atoms with Gasteiger partial charge in [0.05, 0.1) is 11.1 Å². The summed E-state index contributed by atoms with van der Waals surface area (Å²) in [5.41, 5.74) is 5.27. The van der Waals surface area contributed by atoms with Crippen molar-refractivity contribution in [3.8, 4) is 11.1 Å². The highest BCUT2D eigenvalue weighted by Crippen LogP contribution is 2.33. The molecule has 0 radical (unpaired) electrons. The molecule has 1 heterocycles. The van der Waals surface area contributed by atoms with E-state index in [4.69, 9.17) is 0 Å². The summed E-state index contributed by atoms with van der Waals surface area (Å²) in [4.78, 5) is 17.8. The van der Waals surface area contributed by atoms with Crippen molar-refractivity contribution in [3.63, 3.8) is 0 Å². The maximum Gasteiger partial charge on any atom is 0.188 e. The minimum atomic E-state index is -0.0338. The van der Waals surface area contributed by atoms with Crippen molar-refractivity contribution in [2.45, 2.75) is 6.92 Å². The highest BCUT2D eigenvalue weighted by molar-refractivity contribution is 6.16. The van der Waals surface area contributed by atoms with Gasteiger partial charge in [0.1, 0.15) is 0 Å². The van der Waals surface area contributed by atoms with Crippen LogP contribution in [0.3, 0.4) is 0 Å². The van der Waals surface area contributed by atoms with Gasteiger partial charge in [-0.25, -0.2) is 0 Å². The third kappa shape index (κ3) is 3.42. The topological polar surface area (TPSA) is 30.0 Å². The average molecular weight is 349 g/mol. The quantitative estimate of drug-likeness (QED) is 0.329. The number of fused-ring (bicyclic) bond motifs is 1. The van der Waals surface area contributed by atoms with Crippen LogP contribution < -0.4 is 0 Å². The number of aromatic nitrogens is 1. The first-order valence-corrected chi connectivity index (χ1v) is 8.96. The first-order chi connectivity index (χ1) is 13.2. The van der Waals surface area contributed by atoms with Gasteiger partial charge in [-0.15, -0.1) is 0 Å². The Morgan fingerprint density at radius 3 is 2.19 bits per heavy atom. The van der Waals surface area contributed by atoms with Gasteiger partial charge in [-0.1, -0.05) is 84.9 Å². The maximum absolute atomic E-state index is 13.1. The second kappa shape index (κ2) is 7.38. The minimum Gasteiger partial charge on any atom is -0.289 e. The van der Waals surface area contributed by atoms with Gasteiger partial charge in [0.2, 0.25) is 0 Å². The number of rotatable bonds is 4. The fourth-order valence-corrected chi connectivity index (χ4v) is 3.36. The molecule has 0 aliphatic carbocycles. The molecule has 0 unspecified atom stereocenters. The average Bonchev–Trinajstić information content (AvgIpc) is 2.72. The van der Waals surface area contributed by atoms with Crippen LogP contribution in [0.4, 0.5) is 0 Å². The zero-order valence-corrected chi connectivity index (χ0v) is 15.1. The van der Waals surface area contributed by atoms with E-state index in [-0.39, 0.29) is 5.78 Å². The highest BCUT2D eigenvalue weighted by Gasteiger charge is 2.18. The first-order valence-electron chi connectivity index (χ1n) is 8.96. The Morgan fingerprint density at radius 1 is 0.815 bits per heavy atom. The largest absolute Gasteiger partial charge is 0.289 e. The van der Waals surface area contributed by atoms with Gasteiger partial charge < -0.3 is 0 Å². The number of benzene rings is 3. The van der Waals surface area contributed by atoms with Crippen LogP contribution in [-0.4, -0.2) is 10.8 Å². The summed E-state index contributed by atoms with van der Waals surface area (Å²) in [6.45, 7) is 1.91. The summed E-state index contributed by atoms with van der Waals surface area (Å²) in [6, 6.07) is 27.9. The summed E-state index contributed by atoms with van der Waals surface area (Å²) in [5, 5.41) is 0.991. The highest BCUT2D eigenvalue weighted by atomic mass is 16.1. The standard InChI is InChI=1S/C25H19NO/c1-18-24(23(27)17-16-19-10-4-2-5-11-19)25(20-12-6-3-7-13-20)21-14-8-9-15-22(21)26-18/h2-17H,1H3. The van der Waals surface area contributed by atoms with E-state index in [2.05, 4.69) is 4.98 Å². The molecule has 3 aromatic carbocycles. The van der Waals surface area contributed by atoms with Crippen LogP contribution in [0.25, 0.3) is 28.1 Å². The van der Waals surface area contributed by atoms with Crippen molar-refractivity contribution in [1.29, 1.82) is 0 Å². The number of hydrogen-bond donors (Lipinski definition) is 0.